The van der Waals surface area contributed by atoms with Crippen LogP contribution in [0.3, 0.4) is 0 Å². The predicted octanol–water partition coefficient (Wildman–Crippen LogP) is 2.94. The van der Waals surface area contributed by atoms with Crippen molar-refractivity contribution in [1.82, 2.24) is 25.2 Å². The van der Waals surface area contributed by atoms with E-state index in [0.29, 0.717) is 18.7 Å². The van der Waals surface area contributed by atoms with Gasteiger partial charge in [0.25, 0.3) is 5.91 Å². The van der Waals surface area contributed by atoms with Crippen LogP contribution in [0.1, 0.15) is 28.8 Å². The molecule has 3 heterocycles. The molecule has 3 aromatic rings. The molecule has 1 N–H and O–H groups in total. The van der Waals surface area contributed by atoms with E-state index in [0.717, 1.165) is 30.9 Å². The first kappa shape index (κ1) is 20.0. The second-order valence-corrected chi connectivity index (χ2v) is 7.25. The average Bonchev–Trinajstić information content (AvgIpc) is 3.31. The normalized spacial score (nSPS) is 13.9. The van der Waals surface area contributed by atoms with Crippen LogP contribution in [0.25, 0.3) is 11.3 Å². The van der Waals surface area contributed by atoms with Crippen molar-refractivity contribution in [3.8, 4) is 17.3 Å². The Balaban J connectivity index is 1.20. The second kappa shape index (κ2) is 9.93. The van der Waals surface area contributed by atoms with Crippen molar-refractivity contribution >= 4 is 5.91 Å². The first-order chi connectivity index (χ1) is 14.8. The molecule has 30 heavy (non-hydrogen) atoms. The summed E-state index contributed by atoms with van der Waals surface area (Å²) >= 11 is 0. The summed E-state index contributed by atoms with van der Waals surface area (Å²) in [6, 6.07) is 13.8. The molecule has 1 amide bonds. The topological polar surface area (TPSA) is 80.2 Å². The standard InChI is InChI=1S/C23H25N5O2/c29-22(19-8-6-18(7-9-19)17-28-12-3-4-13-28)25-11-14-30-23-26-15-20(16-27-23)21-5-1-2-10-24-21/h1-2,5-10,15-16H,3-4,11-14,17H2,(H,25,29). The number of nitrogens with one attached hydrogen (secondary N) is 1. The molecule has 0 saturated carbocycles. The van der Waals surface area contributed by atoms with Gasteiger partial charge in [0, 0.05) is 36.3 Å². The SMILES string of the molecule is O=C(NCCOc1ncc(-c2ccccn2)cn1)c1ccc(CN2CCCC2)cc1. The minimum atomic E-state index is -0.113. The van der Waals surface area contributed by atoms with E-state index in [1.165, 1.54) is 18.4 Å². The number of rotatable bonds is 8. The zero-order chi connectivity index (χ0) is 20.6. The molecule has 0 bridgehead atoms. The van der Waals surface area contributed by atoms with Crippen molar-refractivity contribution in [2.45, 2.75) is 19.4 Å². The van der Waals surface area contributed by atoms with Gasteiger partial charge in [0.15, 0.2) is 0 Å². The van der Waals surface area contributed by atoms with Crippen LogP contribution in [0, 0.1) is 0 Å². The van der Waals surface area contributed by atoms with Crippen molar-refractivity contribution in [3.05, 3.63) is 72.2 Å². The number of ether oxygens (including phenoxy) is 1. The van der Waals surface area contributed by atoms with Crippen molar-refractivity contribution < 1.29 is 9.53 Å². The van der Waals surface area contributed by atoms with Gasteiger partial charge in [-0.05, 0) is 55.8 Å². The Kier molecular flexibility index (Phi) is 6.61. The Morgan fingerprint density at radius 2 is 1.77 bits per heavy atom. The highest BCUT2D eigenvalue weighted by Crippen LogP contribution is 2.15. The van der Waals surface area contributed by atoms with Gasteiger partial charge in [-0.3, -0.25) is 14.7 Å². The third-order valence-electron chi connectivity index (χ3n) is 5.03. The Morgan fingerprint density at radius 3 is 2.47 bits per heavy atom. The molecule has 1 aromatic carbocycles. The molecule has 4 rings (SSSR count). The van der Waals surface area contributed by atoms with E-state index < -0.39 is 0 Å². The number of pyridine rings is 1. The molecule has 0 radical (unpaired) electrons. The maximum absolute atomic E-state index is 12.3. The summed E-state index contributed by atoms with van der Waals surface area (Å²) in [6.07, 6.45) is 7.63. The summed E-state index contributed by atoms with van der Waals surface area (Å²) in [7, 11) is 0. The fourth-order valence-corrected chi connectivity index (χ4v) is 3.43. The fraction of sp³-hybridized carbons (Fsp3) is 0.304. The van der Waals surface area contributed by atoms with Crippen molar-refractivity contribution in [2.75, 3.05) is 26.2 Å². The van der Waals surface area contributed by atoms with Crippen molar-refractivity contribution in [3.63, 3.8) is 0 Å². The highest BCUT2D eigenvalue weighted by atomic mass is 16.5. The first-order valence-corrected chi connectivity index (χ1v) is 10.2. The number of hydrogen-bond acceptors (Lipinski definition) is 6. The molecular weight excluding hydrogens is 378 g/mol. The van der Waals surface area contributed by atoms with Gasteiger partial charge in [0.2, 0.25) is 0 Å². The highest BCUT2D eigenvalue weighted by Gasteiger charge is 2.12. The van der Waals surface area contributed by atoms with Crippen LogP contribution in [0.4, 0.5) is 0 Å². The zero-order valence-electron chi connectivity index (χ0n) is 16.8. The van der Waals surface area contributed by atoms with Gasteiger partial charge in [0.1, 0.15) is 6.61 Å². The van der Waals surface area contributed by atoms with Crippen molar-refractivity contribution in [1.29, 1.82) is 0 Å². The maximum Gasteiger partial charge on any atom is 0.316 e. The Morgan fingerprint density at radius 1 is 1.00 bits per heavy atom. The molecule has 1 aliphatic heterocycles. The van der Waals surface area contributed by atoms with E-state index in [1.54, 1.807) is 18.6 Å². The summed E-state index contributed by atoms with van der Waals surface area (Å²) in [5.74, 6) is -0.113. The molecule has 0 aliphatic carbocycles. The van der Waals surface area contributed by atoms with Gasteiger partial charge in [-0.1, -0.05) is 18.2 Å². The van der Waals surface area contributed by atoms with E-state index in [-0.39, 0.29) is 11.9 Å². The van der Waals surface area contributed by atoms with E-state index in [9.17, 15) is 4.79 Å². The van der Waals surface area contributed by atoms with E-state index >= 15 is 0 Å². The number of amides is 1. The summed E-state index contributed by atoms with van der Waals surface area (Å²) < 4.78 is 5.51. The fourth-order valence-electron chi connectivity index (χ4n) is 3.43. The molecule has 0 spiro atoms. The lowest BCUT2D eigenvalue weighted by molar-refractivity contribution is 0.0946. The summed E-state index contributed by atoms with van der Waals surface area (Å²) in [4.78, 5) is 27.4. The monoisotopic (exact) mass is 403 g/mol. The lowest BCUT2D eigenvalue weighted by Crippen LogP contribution is -2.28. The van der Waals surface area contributed by atoms with Crippen LogP contribution >= 0.6 is 0 Å². The average molecular weight is 403 g/mol. The van der Waals surface area contributed by atoms with Crippen LogP contribution in [0.15, 0.2) is 61.1 Å². The van der Waals surface area contributed by atoms with Crippen LogP contribution in [0.5, 0.6) is 6.01 Å². The lowest BCUT2D eigenvalue weighted by Gasteiger charge is -2.14. The van der Waals surface area contributed by atoms with Gasteiger partial charge in [0.05, 0.1) is 12.2 Å². The third-order valence-corrected chi connectivity index (χ3v) is 5.03. The van der Waals surface area contributed by atoms with E-state index in [4.69, 9.17) is 4.74 Å². The molecule has 7 heteroatoms. The molecule has 2 aromatic heterocycles. The highest BCUT2D eigenvalue weighted by molar-refractivity contribution is 5.94. The third kappa shape index (κ3) is 5.39. The smallest absolute Gasteiger partial charge is 0.316 e. The zero-order valence-corrected chi connectivity index (χ0v) is 16.8. The van der Waals surface area contributed by atoms with Crippen LogP contribution in [-0.4, -0.2) is 52.0 Å². The van der Waals surface area contributed by atoms with Gasteiger partial charge < -0.3 is 10.1 Å². The van der Waals surface area contributed by atoms with Gasteiger partial charge in [-0.25, -0.2) is 9.97 Å². The van der Waals surface area contributed by atoms with E-state index in [1.807, 2.05) is 42.5 Å². The molecule has 7 nitrogen and oxygen atoms in total. The number of carbonyl (C=O) groups excluding carboxylic acids is 1. The Labute approximate surface area is 176 Å². The van der Waals surface area contributed by atoms with Gasteiger partial charge in [-0.2, -0.15) is 0 Å². The van der Waals surface area contributed by atoms with Crippen LogP contribution < -0.4 is 10.1 Å². The number of likely N-dealkylation sites (tertiary alicyclic amines) is 1. The lowest BCUT2D eigenvalue weighted by atomic mass is 10.1. The van der Waals surface area contributed by atoms with Gasteiger partial charge in [-0.15, -0.1) is 0 Å². The quantitative estimate of drug-likeness (QED) is 0.583. The number of hydrogen-bond donors (Lipinski definition) is 1. The largest absolute Gasteiger partial charge is 0.462 e. The van der Waals surface area contributed by atoms with Crippen LogP contribution in [-0.2, 0) is 6.54 Å². The number of aromatic nitrogens is 3. The maximum atomic E-state index is 12.3. The van der Waals surface area contributed by atoms with Gasteiger partial charge >= 0.3 is 6.01 Å². The minimum absolute atomic E-state index is 0.113. The summed E-state index contributed by atoms with van der Waals surface area (Å²) in [6.45, 7) is 3.95. The van der Waals surface area contributed by atoms with Crippen LogP contribution in [0.2, 0.25) is 0 Å². The molecular formula is C23H25N5O2. The number of nitrogens with zero attached hydrogens (tertiary/aromatic N) is 4. The van der Waals surface area contributed by atoms with E-state index in [2.05, 4.69) is 25.2 Å². The molecule has 0 unspecified atom stereocenters. The molecule has 154 valence electrons. The second-order valence-electron chi connectivity index (χ2n) is 7.25. The first-order valence-electron chi connectivity index (χ1n) is 10.2. The predicted molar refractivity (Wildman–Crippen MR) is 114 cm³/mol. The molecule has 0 atom stereocenters. The number of carbonyl (C=O) groups is 1. The molecule has 1 fully saturated rings. The minimum Gasteiger partial charge on any atom is -0.462 e. The molecule has 1 aliphatic rings. The summed E-state index contributed by atoms with van der Waals surface area (Å²) in [5.41, 5.74) is 3.52. The Bertz CT molecular complexity index is 940. The van der Waals surface area contributed by atoms with Crippen molar-refractivity contribution in [2.24, 2.45) is 0 Å². The molecule has 1 saturated heterocycles. The number of benzene rings is 1. The Hall–Kier alpha value is -3.32. The summed E-state index contributed by atoms with van der Waals surface area (Å²) in [5, 5.41) is 2.86.